The van der Waals surface area contributed by atoms with Crippen LogP contribution < -0.4 is 10.4 Å². The summed E-state index contributed by atoms with van der Waals surface area (Å²) in [5.74, 6) is 4.93. The minimum atomic E-state index is -3.13. The van der Waals surface area contributed by atoms with E-state index in [1.807, 2.05) is 118 Å². The molecule has 6 nitrogen and oxygen atoms in total. The Balaban J connectivity index is 1.45. The molecule has 1 N–H and O–H groups in total. The molecule has 4 aromatic carbocycles. The van der Waals surface area contributed by atoms with E-state index in [0.29, 0.717) is 5.56 Å². The smallest absolute Gasteiger partial charge is 0.481 e. The van der Waals surface area contributed by atoms with Crippen molar-refractivity contribution in [3.8, 4) is 34.2 Å². The molecule has 0 aliphatic rings. The van der Waals surface area contributed by atoms with Crippen LogP contribution in [0.1, 0.15) is 63.8 Å². The monoisotopic (exact) mass is 746 g/mol. The second kappa shape index (κ2) is 17.4. The van der Waals surface area contributed by atoms with E-state index < -0.39 is 33.5 Å². The zero-order valence-electron chi connectivity index (χ0n) is 31.1. The van der Waals surface area contributed by atoms with E-state index >= 15 is 0 Å². The molecule has 1 heterocycles. The van der Waals surface area contributed by atoms with Gasteiger partial charge in [0.05, 0.1) is 23.4 Å². The number of hydrogen-bond acceptors (Lipinski definition) is 5. The molecule has 5 rings (SSSR count). The molecule has 9 heteroatoms. The van der Waals surface area contributed by atoms with Gasteiger partial charge in [0.1, 0.15) is 11.9 Å². The number of carboxylic acids is 1. The minimum Gasteiger partial charge on any atom is -0.481 e. The number of aryl methyl sites for hydroxylation is 1. The van der Waals surface area contributed by atoms with Crippen molar-refractivity contribution in [3.05, 3.63) is 138 Å². The first-order valence-electron chi connectivity index (χ1n) is 17.7. The maximum Gasteiger partial charge on any atom is 0.511 e. The van der Waals surface area contributed by atoms with E-state index in [-0.39, 0.29) is 30.9 Å². The van der Waals surface area contributed by atoms with Crippen LogP contribution in [0.4, 0.5) is 4.39 Å². The summed E-state index contributed by atoms with van der Waals surface area (Å²) in [6.07, 6.45) is -1.33. The van der Waals surface area contributed by atoms with Crippen molar-refractivity contribution in [2.75, 3.05) is 12.8 Å². The van der Waals surface area contributed by atoms with Crippen LogP contribution in [-0.2, 0) is 18.3 Å². The van der Waals surface area contributed by atoms with E-state index in [9.17, 15) is 18.9 Å². The highest BCUT2D eigenvalue weighted by Gasteiger charge is 2.52. The van der Waals surface area contributed by atoms with Gasteiger partial charge in [0.15, 0.2) is 6.61 Å². The lowest BCUT2D eigenvalue weighted by Crippen LogP contribution is -2.68. The number of hydrogen-bond donors (Lipinski definition) is 1. The maximum absolute atomic E-state index is 14.2. The van der Waals surface area contributed by atoms with E-state index in [4.69, 9.17) is 13.9 Å². The fourth-order valence-corrected chi connectivity index (χ4v) is 12.4. The van der Waals surface area contributed by atoms with Crippen molar-refractivity contribution in [2.45, 2.75) is 65.0 Å². The van der Waals surface area contributed by atoms with Crippen LogP contribution >= 0.6 is 8.03 Å². The fraction of sp³-hybridized carbons (Fsp3) is 0.273. The summed E-state index contributed by atoms with van der Waals surface area (Å²) >= 11 is 0. The van der Waals surface area contributed by atoms with Crippen LogP contribution in [0.5, 0.6) is 0 Å². The largest absolute Gasteiger partial charge is 0.511 e. The van der Waals surface area contributed by atoms with Crippen LogP contribution in [0.15, 0.2) is 115 Å². The van der Waals surface area contributed by atoms with Crippen molar-refractivity contribution < 1.29 is 27.8 Å². The Labute approximate surface area is 314 Å². The maximum atomic E-state index is 14.2. The Morgan fingerprint density at radius 1 is 0.887 bits per heavy atom. The Morgan fingerprint density at radius 3 is 2.00 bits per heavy atom. The van der Waals surface area contributed by atoms with E-state index in [2.05, 4.69) is 32.6 Å². The lowest BCUT2D eigenvalue weighted by Gasteiger charge is -2.44. The fourth-order valence-electron chi connectivity index (χ4n) is 6.74. The third-order valence-electron chi connectivity index (χ3n) is 9.15. The number of aromatic nitrogens is 1. The molecule has 53 heavy (non-hydrogen) atoms. The standard InChI is InChI=1S/C44H45FNO5PSi/c1-31(2)43-39(40(38-25-24-34(45)27-32(38)3)29-41(46-43)33-17-10-7-11-18-33)23-16-26-50-52(49)30-35(28-42(47)48)51-53(44(4,5)6,36-19-12-8-13-20-36)37-21-14-9-15-22-37/h7-15,17-22,24-25,27,29,31,35H,26,28,30H2,1-6H3/p+1. The Kier molecular flexibility index (Phi) is 12.9. The molecule has 0 fully saturated rings. The van der Waals surface area contributed by atoms with Gasteiger partial charge >= 0.3 is 14.0 Å². The first-order chi connectivity index (χ1) is 25.3. The molecule has 2 unspecified atom stereocenters. The third-order valence-corrected chi connectivity index (χ3v) is 15.4. The van der Waals surface area contributed by atoms with Gasteiger partial charge in [-0.2, -0.15) is 0 Å². The Hall–Kier alpha value is -4.77. The summed E-state index contributed by atoms with van der Waals surface area (Å²) < 4.78 is 40.6. The number of benzene rings is 4. The van der Waals surface area contributed by atoms with Crippen LogP contribution in [-0.4, -0.2) is 43.2 Å². The molecule has 272 valence electrons. The van der Waals surface area contributed by atoms with E-state index in [1.165, 1.54) is 12.1 Å². The number of carboxylic acid groups (broad SMARTS) is 1. The zero-order valence-corrected chi connectivity index (χ0v) is 33.0. The topological polar surface area (TPSA) is 85.7 Å². The van der Waals surface area contributed by atoms with Crippen molar-refractivity contribution in [3.63, 3.8) is 0 Å². The Morgan fingerprint density at radius 2 is 1.47 bits per heavy atom. The number of halogens is 1. The molecule has 1 aromatic heterocycles. The van der Waals surface area contributed by atoms with Gasteiger partial charge in [0.25, 0.3) is 8.32 Å². The van der Waals surface area contributed by atoms with Crippen LogP contribution in [0, 0.1) is 24.6 Å². The van der Waals surface area contributed by atoms with Crippen LogP contribution in [0.25, 0.3) is 22.4 Å². The first kappa shape index (κ1) is 39.4. The Bertz CT molecular complexity index is 2070. The van der Waals surface area contributed by atoms with E-state index in [1.54, 1.807) is 6.07 Å². The van der Waals surface area contributed by atoms with Gasteiger partial charge in [0, 0.05) is 11.1 Å². The van der Waals surface area contributed by atoms with E-state index in [0.717, 1.165) is 44.0 Å². The number of pyridine rings is 1. The predicted octanol–water partition coefficient (Wildman–Crippen LogP) is 9.52. The molecule has 0 saturated heterocycles. The third kappa shape index (κ3) is 9.43. The molecule has 0 radical (unpaired) electrons. The average molecular weight is 747 g/mol. The van der Waals surface area contributed by atoms with Crippen LogP contribution in [0.2, 0.25) is 5.04 Å². The molecule has 0 spiro atoms. The summed E-state index contributed by atoms with van der Waals surface area (Å²) in [6, 6.07) is 36.4. The highest BCUT2D eigenvalue weighted by atomic mass is 31.1. The molecule has 0 aliphatic heterocycles. The number of nitrogens with zero attached hydrogens (tertiary/aromatic N) is 1. The molecule has 0 amide bonds. The molecule has 0 saturated carbocycles. The van der Waals surface area contributed by atoms with Crippen molar-refractivity contribution in [2.24, 2.45) is 0 Å². The first-order valence-corrected chi connectivity index (χ1v) is 21.0. The lowest BCUT2D eigenvalue weighted by molar-refractivity contribution is -0.138. The quantitative estimate of drug-likeness (QED) is 0.0734. The van der Waals surface area contributed by atoms with Gasteiger partial charge in [-0.1, -0.05) is 144 Å². The van der Waals surface area contributed by atoms with Crippen molar-refractivity contribution in [1.82, 2.24) is 4.98 Å². The summed E-state index contributed by atoms with van der Waals surface area (Å²) in [5.41, 5.74) is 5.61. The van der Waals surface area contributed by atoms with Gasteiger partial charge in [-0.25, -0.2) is 4.39 Å². The molecular weight excluding hydrogens is 701 g/mol. The van der Waals surface area contributed by atoms with Gasteiger partial charge in [0.2, 0.25) is 6.16 Å². The summed E-state index contributed by atoms with van der Waals surface area (Å²) in [5, 5.41) is 11.5. The van der Waals surface area contributed by atoms with Gasteiger partial charge in [-0.15, -0.1) is 4.52 Å². The number of rotatable bonds is 13. The molecule has 0 aliphatic carbocycles. The highest BCUT2D eigenvalue weighted by molar-refractivity contribution is 7.39. The second-order valence-electron chi connectivity index (χ2n) is 14.4. The zero-order chi connectivity index (χ0) is 38.2. The summed E-state index contributed by atoms with van der Waals surface area (Å²) in [4.78, 5) is 17.2. The lowest BCUT2D eigenvalue weighted by atomic mass is 9.91. The van der Waals surface area contributed by atoms with Gasteiger partial charge in [-0.3, -0.25) is 9.78 Å². The second-order valence-corrected chi connectivity index (χ2v) is 19.9. The SMILES string of the molecule is Cc1cc(F)ccc1-c1cc(-c2ccccc2)nc(C(C)C)c1C#CCO[P+](=O)CC(CC(=O)O)O[Si](c1ccccc1)(c1ccccc1)C(C)(C)C. The van der Waals surface area contributed by atoms with Crippen molar-refractivity contribution in [1.29, 1.82) is 0 Å². The minimum absolute atomic E-state index is 0.00965. The number of carbonyl (C=O) groups is 1. The predicted molar refractivity (Wildman–Crippen MR) is 214 cm³/mol. The normalized spacial score (nSPS) is 12.6. The summed E-state index contributed by atoms with van der Waals surface area (Å²) in [6.45, 7) is 12.1. The molecule has 2 atom stereocenters. The van der Waals surface area contributed by atoms with Gasteiger partial charge < -0.3 is 9.53 Å². The molecule has 0 bridgehead atoms. The molecular formula is C44H46FNO5PSi+. The average Bonchev–Trinajstić information content (AvgIpc) is 3.12. The van der Waals surface area contributed by atoms with Gasteiger partial charge in [-0.05, 0) is 62.1 Å². The van der Waals surface area contributed by atoms with Crippen molar-refractivity contribution >= 4 is 32.7 Å². The highest BCUT2D eigenvalue weighted by Crippen LogP contribution is 2.39. The molecule has 5 aromatic rings. The number of aliphatic carboxylic acids is 1. The van der Waals surface area contributed by atoms with Crippen LogP contribution in [0.3, 0.4) is 0 Å². The summed E-state index contributed by atoms with van der Waals surface area (Å²) in [7, 11) is -5.48.